The van der Waals surface area contributed by atoms with Gasteiger partial charge in [0.25, 0.3) is 0 Å². The molecule has 0 aromatic heterocycles. The van der Waals surface area contributed by atoms with Gasteiger partial charge in [-0.3, -0.25) is 0 Å². The van der Waals surface area contributed by atoms with Gasteiger partial charge in [-0.1, -0.05) is 13.3 Å². The van der Waals surface area contributed by atoms with Crippen molar-refractivity contribution >= 4 is 0 Å². The minimum Gasteiger partial charge on any atom is -0.393 e. The van der Waals surface area contributed by atoms with Gasteiger partial charge in [-0.2, -0.15) is 0 Å². The van der Waals surface area contributed by atoms with Gasteiger partial charge in [-0.05, 0) is 71.2 Å². The van der Waals surface area contributed by atoms with E-state index in [2.05, 4.69) is 23.8 Å². The maximum absolute atomic E-state index is 9.85. The van der Waals surface area contributed by atoms with Crippen LogP contribution < -0.4 is 0 Å². The van der Waals surface area contributed by atoms with E-state index in [0.29, 0.717) is 5.92 Å². The van der Waals surface area contributed by atoms with E-state index in [-0.39, 0.29) is 6.10 Å². The molecule has 0 aromatic rings. The Kier molecular flexibility index (Phi) is 5.46. The smallest absolute Gasteiger partial charge is 0.0568 e. The lowest BCUT2D eigenvalue weighted by atomic mass is 9.99. The zero-order chi connectivity index (χ0) is 13.0. The molecule has 18 heavy (non-hydrogen) atoms. The van der Waals surface area contributed by atoms with Crippen LogP contribution in [0.1, 0.15) is 45.4 Å². The van der Waals surface area contributed by atoms with Gasteiger partial charge in [0.1, 0.15) is 0 Å². The summed E-state index contributed by atoms with van der Waals surface area (Å²) in [4.78, 5) is 5.09. The average molecular weight is 254 g/mol. The summed E-state index contributed by atoms with van der Waals surface area (Å²) >= 11 is 0. The van der Waals surface area contributed by atoms with Crippen molar-refractivity contribution in [3.63, 3.8) is 0 Å². The van der Waals surface area contributed by atoms with E-state index in [9.17, 15) is 5.11 Å². The second-order valence-corrected chi connectivity index (χ2v) is 6.19. The topological polar surface area (TPSA) is 26.7 Å². The Hall–Kier alpha value is -0.120. The largest absolute Gasteiger partial charge is 0.393 e. The number of likely N-dealkylation sites (tertiary alicyclic amines) is 1. The van der Waals surface area contributed by atoms with Crippen LogP contribution in [0.5, 0.6) is 0 Å². The number of hydrogen-bond donors (Lipinski definition) is 1. The van der Waals surface area contributed by atoms with Crippen molar-refractivity contribution in [2.45, 2.75) is 57.6 Å². The summed E-state index contributed by atoms with van der Waals surface area (Å²) in [5, 5.41) is 9.85. The van der Waals surface area contributed by atoms with Crippen LogP contribution in [-0.2, 0) is 0 Å². The molecule has 0 bridgehead atoms. The van der Waals surface area contributed by atoms with Gasteiger partial charge in [-0.15, -0.1) is 0 Å². The van der Waals surface area contributed by atoms with Crippen molar-refractivity contribution in [1.29, 1.82) is 0 Å². The molecule has 3 nitrogen and oxygen atoms in total. The van der Waals surface area contributed by atoms with Gasteiger partial charge in [-0.25, -0.2) is 0 Å². The summed E-state index contributed by atoms with van der Waals surface area (Å²) in [5.41, 5.74) is 0. The molecule has 2 aliphatic rings. The van der Waals surface area contributed by atoms with Crippen molar-refractivity contribution in [3.8, 4) is 0 Å². The third-order valence-corrected chi connectivity index (χ3v) is 5.10. The highest BCUT2D eigenvalue weighted by Crippen LogP contribution is 2.28. The molecule has 0 spiro atoms. The fourth-order valence-corrected chi connectivity index (χ4v) is 3.58. The molecule has 1 saturated heterocycles. The number of aliphatic hydroxyl groups excluding tert-OH is 1. The van der Waals surface area contributed by atoms with E-state index in [0.717, 1.165) is 12.5 Å². The highest BCUT2D eigenvalue weighted by atomic mass is 16.3. The normalized spacial score (nSPS) is 31.3. The first-order chi connectivity index (χ1) is 8.70. The molecule has 0 aromatic carbocycles. The van der Waals surface area contributed by atoms with Crippen LogP contribution in [0.2, 0.25) is 0 Å². The lowest BCUT2D eigenvalue weighted by molar-refractivity contribution is 0.0991. The molecule has 0 radical (unpaired) electrons. The van der Waals surface area contributed by atoms with Gasteiger partial charge in [0, 0.05) is 6.04 Å². The minimum absolute atomic E-state index is 0.0136. The van der Waals surface area contributed by atoms with Crippen LogP contribution in [0.15, 0.2) is 0 Å². The molecule has 0 amide bonds. The Morgan fingerprint density at radius 3 is 2.44 bits per heavy atom. The second-order valence-electron chi connectivity index (χ2n) is 6.19. The molecule has 1 aliphatic heterocycles. The molecule has 1 aliphatic carbocycles. The Balaban J connectivity index is 1.67. The van der Waals surface area contributed by atoms with Crippen molar-refractivity contribution in [2.75, 3.05) is 33.2 Å². The Labute approximate surface area is 112 Å². The van der Waals surface area contributed by atoms with E-state index < -0.39 is 0 Å². The van der Waals surface area contributed by atoms with Crippen LogP contribution in [0.4, 0.5) is 0 Å². The van der Waals surface area contributed by atoms with Gasteiger partial charge in [0.2, 0.25) is 0 Å². The van der Waals surface area contributed by atoms with Gasteiger partial charge in [0.15, 0.2) is 0 Å². The minimum atomic E-state index is -0.0136. The molecule has 1 heterocycles. The number of rotatable bonds is 5. The van der Waals surface area contributed by atoms with Gasteiger partial charge >= 0.3 is 0 Å². The molecule has 106 valence electrons. The summed E-state index contributed by atoms with van der Waals surface area (Å²) in [5.74, 6) is 0.572. The SMILES string of the molecule is CCN1CCC(N(C)CCC2CCCC2O)CC1. The van der Waals surface area contributed by atoms with Crippen LogP contribution in [0.25, 0.3) is 0 Å². The van der Waals surface area contributed by atoms with E-state index in [1.165, 1.54) is 58.3 Å². The van der Waals surface area contributed by atoms with Crippen molar-refractivity contribution < 1.29 is 5.11 Å². The van der Waals surface area contributed by atoms with E-state index >= 15 is 0 Å². The Morgan fingerprint density at radius 1 is 1.17 bits per heavy atom. The molecule has 2 rings (SSSR count). The van der Waals surface area contributed by atoms with Gasteiger partial charge in [0.05, 0.1) is 6.10 Å². The zero-order valence-electron chi connectivity index (χ0n) is 12.1. The van der Waals surface area contributed by atoms with Crippen molar-refractivity contribution in [2.24, 2.45) is 5.92 Å². The lowest BCUT2D eigenvalue weighted by Crippen LogP contribution is -2.43. The number of hydrogen-bond acceptors (Lipinski definition) is 3. The molecule has 1 saturated carbocycles. The van der Waals surface area contributed by atoms with Crippen LogP contribution >= 0.6 is 0 Å². The molecule has 2 fully saturated rings. The standard InChI is InChI=1S/C15H30N2O/c1-3-17-11-8-14(9-12-17)16(2)10-7-13-5-4-6-15(13)18/h13-15,18H,3-12H2,1-2H3. The van der Waals surface area contributed by atoms with E-state index in [1.807, 2.05) is 0 Å². The summed E-state index contributed by atoms with van der Waals surface area (Å²) in [6.45, 7) is 7.14. The Bertz CT molecular complexity index is 239. The summed E-state index contributed by atoms with van der Waals surface area (Å²) in [7, 11) is 2.27. The second kappa shape index (κ2) is 6.88. The number of aliphatic hydroxyl groups is 1. The van der Waals surface area contributed by atoms with E-state index in [4.69, 9.17) is 0 Å². The molecule has 3 heteroatoms. The first-order valence-corrected chi connectivity index (χ1v) is 7.81. The molecular formula is C15H30N2O. The predicted molar refractivity (Wildman–Crippen MR) is 75.7 cm³/mol. The Morgan fingerprint density at radius 2 is 1.89 bits per heavy atom. The average Bonchev–Trinajstić information content (AvgIpc) is 2.81. The van der Waals surface area contributed by atoms with E-state index in [1.54, 1.807) is 0 Å². The summed E-state index contributed by atoms with van der Waals surface area (Å²) in [6.07, 6.45) is 7.30. The highest BCUT2D eigenvalue weighted by molar-refractivity contribution is 4.81. The monoisotopic (exact) mass is 254 g/mol. The first-order valence-electron chi connectivity index (χ1n) is 7.81. The highest BCUT2D eigenvalue weighted by Gasteiger charge is 2.27. The van der Waals surface area contributed by atoms with Crippen LogP contribution in [0, 0.1) is 5.92 Å². The maximum Gasteiger partial charge on any atom is 0.0568 e. The predicted octanol–water partition coefficient (Wildman–Crippen LogP) is 1.95. The number of piperidine rings is 1. The lowest BCUT2D eigenvalue weighted by Gasteiger charge is -2.36. The summed E-state index contributed by atoms with van der Waals surface area (Å²) in [6, 6.07) is 0.770. The van der Waals surface area contributed by atoms with Crippen molar-refractivity contribution in [1.82, 2.24) is 9.80 Å². The first kappa shape index (κ1) is 14.3. The molecule has 1 N–H and O–H groups in total. The molecule has 2 unspecified atom stereocenters. The van der Waals surface area contributed by atoms with Crippen LogP contribution in [-0.4, -0.2) is 60.3 Å². The summed E-state index contributed by atoms with van der Waals surface area (Å²) < 4.78 is 0. The molecule has 2 atom stereocenters. The number of nitrogens with zero attached hydrogens (tertiary/aromatic N) is 2. The fourth-order valence-electron chi connectivity index (χ4n) is 3.58. The van der Waals surface area contributed by atoms with Gasteiger partial charge < -0.3 is 14.9 Å². The fraction of sp³-hybridized carbons (Fsp3) is 1.00. The van der Waals surface area contributed by atoms with Crippen LogP contribution in [0.3, 0.4) is 0 Å². The molecular weight excluding hydrogens is 224 g/mol. The quantitative estimate of drug-likeness (QED) is 0.812. The zero-order valence-corrected chi connectivity index (χ0v) is 12.1. The third kappa shape index (κ3) is 3.69. The van der Waals surface area contributed by atoms with Crippen molar-refractivity contribution in [3.05, 3.63) is 0 Å². The maximum atomic E-state index is 9.85. The third-order valence-electron chi connectivity index (χ3n) is 5.10.